The van der Waals surface area contributed by atoms with Gasteiger partial charge in [0.05, 0.1) is 23.4 Å². The largest absolute Gasteiger partial charge is 0.480 e. The van der Waals surface area contributed by atoms with Gasteiger partial charge in [0.15, 0.2) is 0 Å². The summed E-state index contributed by atoms with van der Waals surface area (Å²) in [5.74, 6) is 0.515. The Kier molecular flexibility index (Phi) is 4.87. The zero-order valence-corrected chi connectivity index (χ0v) is 12.3. The normalized spacial score (nSPS) is 15.8. The summed E-state index contributed by atoms with van der Waals surface area (Å²) >= 11 is 6.31. The molecule has 2 N–H and O–H groups in total. The summed E-state index contributed by atoms with van der Waals surface area (Å²) in [4.78, 5) is 8.42. The standard InChI is InChI=1S/C14H17ClN4O/c1-9(16)19-14(20-2)11-7-12(15)13(18-8-11)10-3-5-17-6-4-10/h3,7-8,16-17H,4-6H2,1-2H3/b16-9?,19-14-. The molecular formula is C14H17ClN4O. The molecule has 1 aromatic rings. The second-order valence-electron chi connectivity index (χ2n) is 4.44. The van der Waals surface area contributed by atoms with Crippen LogP contribution in [-0.4, -0.2) is 36.9 Å². The SMILES string of the molecule is CO/C(=N\C(C)=N)c1cnc(C2=CCNCC2)c(Cl)c1. The Morgan fingerprint density at radius 3 is 2.90 bits per heavy atom. The zero-order chi connectivity index (χ0) is 14.5. The van der Waals surface area contributed by atoms with Crippen LogP contribution in [0.1, 0.15) is 24.6 Å². The second-order valence-corrected chi connectivity index (χ2v) is 4.85. The average molecular weight is 293 g/mol. The van der Waals surface area contributed by atoms with Gasteiger partial charge in [0.2, 0.25) is 5.90 Å². The molecule has 0 radical (unpaired) electrons. The number of nitrogens with one attached hydrogen (secondary N) is 2. The van der Waals surface area contributed by atoms with E-state index >= 15 is 0 Å². The van der Waals surface area contributed by atoms with E-state index in [0.29, 0.717) is 16.5 Å². The van der Waals surface area contributed by atoms with Crippen LogP contribution in [0.5, 0.6) is 0 Å². The summed E-state index contributed by atoms with van der Waals surface area (Å²) in [6, 6.07) is 1.78. The van der Waals surface area contributed by atoms with E-state index in [2.05, 4.69) is 21.4 Å². The van der Waals surface area contributed by atoms with Crippen LogP contribution in [0.2, 0.25) is 5.02 Å². The van der Waals surface area contributed by atoms with E-state index in [0.717, 1.165) is 30.8 Å². The molecule has 6 heteroatoms. The van der Waals surface area contributed by atoms with Gasteiger partial charge >= 0.3 is 0 Å². The van der Waals surface area contributed by atoms with Crippen molar-refractivity contribution in [1.82, 2.24) is 10.3 Å². The highest BCUT2D eigenvalue weighted by Crippen LogP contribution is 2.26. The van der Waals surface area contributed by atoms with E-state index in [1.165, 1.54) is 7.11 Å². The first-order valence-electron chi connectivity index (χ1n) is 6.35. The molecule has 20 heavy (non-hydrogen) atoms. The third-order valence-electron chi connectivity index (χ3n) is 2.92. The van der Waals surface area contributed by atoms with E-state index < -0.39 is 0 Å². The van der Waals surface area contributed by atoms with Gasteiger partial charge in [-0.15, -0.1) is 0 Å². The molecule has 0 aliphatic carbocycles. The number of halogens is 1. The molecule has 2 heterocycles. The van der Waals surface area contributed by atoms with Crippen molar-refractivity contribution >= 4 is 28.9 Å². The number of aromatic nitrogens is 1. The number of rotatable bonds is 2. The molecule has 0 saturated carbocycles. The summed E-state index contributed by atoms with van der Waals surface area (Å²) in [7, 11) is 1.51. The van der Waals surface area contributed by atoms with Gasteiger partial charge in [0.25, 0.3) is 0 Å². The lowest BCUT2D eigenvalue weighted by Crippen LogP contribution is -2.20. The molecule has 106 valence electrons. The average Bonchev–Trinajstić information content (AvgIpc) is 2.45. The minimum absolute atomic E-state index is 0.170. The molecule has 0 atom stereocenters. The Morgan fingerprint density at radius 2 is 2.35 bits per heavy atom. The van der Waals surface area contributed by atoms with Crippen LogP contribution in [0.25, 0.3) is 5.57 Å². The van der Waals surface area contributed by atoms with Crippen LogP contribution in [-0.2, 0) is 4.74 Å². The number of amidine groups is 1. The van der Waals surface area contributed by atoms with E-state index in [1.54, 1.807) is 19.2 Å². The van der Waals surface area contributed by atoms with E-state index in [-0.39, 0.29) is 5.84 Å². The van der Waals surface area contributed by atoms with E-state index in [4.69, 9.17) is 21.7 Å². The second kappa shape index (κ2) is 6.63. The summed E-state index contributed by atoms with van der Waals surface area (Å²) in [6.07, 6.45) is 4.69. The van der Waals surface area contributed by atoms with Gasteiger partial charge in [0, 0.05) is 12.7 Å². The molecule has 0 spiro atoms. The van der Waals surface area contributed by atoms with Crippen molar-refractivity contribution < 1.29 is 4.74 Å². The van der Waals surface area contributed by atoms with Crippen LogP contribution in [0.15, 0.2) is 23.3 Å². The van der Waals surface area contributed by atoms with Crippen LogP contribution in [0, 0.1) is 5.41 Å². The van der Waals surface area contributed by atoms with Gasteiger partial charge in [-0.1, -0.05) is 17.7 Å². The Balaban J connectivity index is 2.34. The lowest BCUT2D eigenvalue weighted by atomic mass is 10.0. The number of hydrogen-bond donors (Lipinski definition) is 2. The third kappa shape index (κ3) is 3.43. The molecular weight excluding hydrogens is 276 g/mol. The Hall–Kier alpha value is -1.72. The maximum absolute atomic E-state index is 7.40. The minimum Gasteiger partial charge on any atom is -0.480 e. The monoisotopic (exact) mass is 292 g/mol. The Bertz CT molecular complexity index is 581. The number of ether oxygens (including phenoxy) is 1. The lowest BCUT2D eigenvalue weighted by molar-refractivity contribution is 0.405. The number of aliphatic imine (C=N–C) groups is 1. The minimum atomic E-state index is 0.170. The fraction of sp³-hybridized carbons (Fsp3) is 0.357. The topological polar surface area (TPSA) is 70.4 Å². The van der Waals surface area contributed by atoms with Crippen molar-refractivity contribution in [2.75, 3.05) is 20.2 Å². The molecule has 0 amide bonds. The summed E-state index contributed by atoms with van der Waals surface area (Å²) in [5.41, 5.74) is 2.63. The van der Waals surface area contributed by atoms with Gasteiger partial charge < -0.3 is 10.1 Å². The lowest BCUT2D eigenvalue weighted by Gasteiger charge is -2.15. The van der Waals surface area contributed by atoms with E-state index in [9.17, 15) is 0 Å². The molecule has 0 fully saturated rings. The smallest absolute Gasteiger partial charge is 0.223 e. The van der Waals surface area contributed by atoms with Crippen molar-refractivity contribution in [2.45, 2.75) is 13.3 Å². The number of hydrogen-bond acceptors (Lipinski definition) is 4. The zero-order valence-electron chi connectivity index (χ0n) is 11.5. The maximum atomic E-state index is 7.40. The Labute approximate surface area is 123 Å². The molecule has 0 unspecified atom stereocenters. The molecule has 0 bridgehead atoms. The van der Waals surface area contributed by atoms with Crippen molar-refractivity contribution in [3.63, 3.8) is 0 Å². The molecule has 1 aromatic heterocycles. The first-order chi connectivity index (χ1) is 9.61. The third-order valence-corrected chi connectivity index (χ3v) is 3.21. The summed E-state index contributed by atoms with van der Waals surface area (Å²) < 4.78 is 5.17. The first kappa shape index (κ1) is 14.7. The molecule has 0 aromatic carbocycles. The van der Waals surface area contributed by atoms with Crippen LogP contribution >= 0.6 is 11.6 Å². The number of methoxy groups -OCH3 is 1. The van der Waals surface area contributed by atoms with Crippen molar-refractivity contribution in [1.29, 1.82) is 5.41 Å². The fourth-order valence-corrected chi connectivity index (χ4v) is 2.30. The van der Waals surface area contributed by atoms with Crippen molar-refractivity contribution in [3.8, 4) is 0 Å². The van der Waals surface area contributed by atoms with Crippen LogP contribution < -0.4 is 5.32 Å². The number of pyridine rings is 1. The molecule has 2 rings (SSSR count). The Morgan fingerprint density at radius 1 is 1.55 bits per heavy atom. The number of nitrogens with zero attached hydrogens (tertiary/aromatic N) is 2. The summed E-state index contributed by atoms with van der Waals surface area (Å²) in [6.45, 7) is 3.36. The molecule has 1 aliphatic heterocycles. The fourth-order valence-electron chi connectivity index (χ4n) is 2.01. The maximum Gasteiger partial charge on any atom is 0.223 e. The molecule has 5 nitrogen and oxygen atoms in total. The molecule has 0 saturated heterocycles. The predicted octanol–water partition coefficient (Wildman–Crippen LogP) is 2.50. The van der Waals surface area contributed by atoms with Crippen LogP contribution in [0.3, 0.4) is 0 Å². The first-order valence-corrected chi connectivity index (χ1v) is 6.73. The highest BCUT2D eigenvalue weighted by atomic mass is 35.5. The van der Waals surface area contributed by atoms with Crippen molar-refractivity contribution in [2.24, 2.45) is 4.99 Å². The van der Waals surface area contributed by atoms with Gasteiger partial charge in [-0.2, -0.15) is 4.99 Å². The highest BCUT2D eigenvalue weighted by Gasteiger charge is 2.13. The van der Waals surface area contributed by atoms with Gasteiger partial charge in [0.1, 0.15) is 5.84 Å². The van der Waals surface area contributed by atoms with Crippen LogP contribution in [0.4, 0.5) is 0 Å². The summed E-state index contributed by atoms with van der Waals surface area (Å²) in [5, 5.41) is 11.2. The van der Waals surface area contributed by atoms with Gasteiger partial charge in [-0.05, 0) is 31.5 Å². The van der Waals surface area contributed by atoms with Gasteiger partial charge in [-0.3, -0.25) is 10.4 Å². The highest BCUT2D eigenvalue weighted by molar-refractivity contribution is 6.32. The van der Waals surface area contributed by atoms with E-state index in [1.807, 2.05) is 0 Å². The van der Waals surface area contributed by atoms with Crippen molar-refractivity contribution in [3.05, 3.63) is 34.6 Å². The quantitative estimate of drug-likeness (QED) is 0.650. The predicted molar refractivity (Wildman–Crippen MR) is 81.7 cm³/mol. The van der Waals surface area contributed by atoms with Gasteiger partial charge in [-0.25, -0.2) is 0 Å². The molecule has 1 aliphatic rings.